The van der Waals surface area contributed by atoms with Crippen LogP contribution in [0.15, 0.2) is 91.2 Å². The predicted molar refractivity (Wildman–Crippen MR) is 108 cm³/mol. The standard InChI is InChI=1S/C24H19NO/c1-26-24-15-13-20-17-19(10-12-21(20)18-24)11-14-23-9-5-6-16-25(23)22-7-3-2-4-8-22/h2-10,12-13,15-18,23H,1H3. The first kappa shape index (κ1) is 16.1. The first-order valence-corrected chi connectivity index (χ1v) is 8.61. The van der Waals surface area contributed by atoms with Gasteiger partial charge in [0, 0.05) is 17.5 Å². The smallest absolute Gasteiger partial charge is 0.119 e. The maximum Gasteiger partial charge on any atom is 0.119 e. The van der Waals surface area contributed by atoms with E-state index in [1.54, 1.807) is 7.11 Å². The van der Waals surface area contributed by atoms with Gasteiger partial charge in [0.2, 0.25) is 0 Å². The van der Waals surface area contributed by atoms with Crippen molar-refractivity contribution in [2.75, 3.05) is 12.0 Å². The van der Waals surface area contributed by atoms with Crippen molar-refractivity contribution in [1.82, 2.24) is 0 Å². The Kier molecular flexibility index (Phi) is 4.45. The first-order chi connectivity index (χ1) is 12.8. The maximum absolute atomic E-state index is 5.29. The number of benzene rings is 3. The number of hydrogen-bond acceptors (Lipinski definition) is 2. The fraction of sp³-hybridized carbons (Fsp3) is 0.0833. The number of ether oxygens (including phenoxy) is 1. The molecule has 1 aliphatic heterocycles. The van der Waals surface area contributed by atoms with Crippen LogP contribution in [0.4, 0.5) is 5.69 Å². The number of para-hydroxylation sites is 1. The highest BCUT2D eigenvalue weighted by atomic mass is 16.5. The van der Waals surface area contributed by atoms with Crippen LogP contribution in [0.3, 0.4) is 0 Å². The van der Waals surface area contributed by atoms with E-state index in [-0.39, 0.29) is 6.04 Å². The van der Waals surface area contributed by atoms with Gasteiger partial charge in [0.25, 0.3) is 0 Å². The van der Waals surface area contributed by atoms with E-state index in [0.717, 1.165) is 27.8 Å². The third kappa shape index (κ3) is 3.34. The molecule has 0 bridgehead atoms. The van der Waals surface area contributed by atoms with Crippen molar-refractivity contribution in [3.63, 3.8) is 0 Å². The summed E-state index contributed by atoms with van der Waals surface area (Å²) < 4.78 is 5.29. The second kappa shape index (κ2) is 7.21. The summed E-state index contributed by atoms with van der Waals surface area (Å²) in [6.45, 7) is 0. The Morgan fingerprint density at radius 2 is 1.69 bits per heavy atom. The lowest BCUT2D eigenvalue weighted by Crippen LogP contribution is -2.28. The predicted octanol–water partition coefficient (Wildman–Crippen LogP) is 5.16. The van der Waals surface area contributed by atoms with E-state index < -0.39 is 0 Å². The molecule has 0 amide bonds. The van der Waals surface area contributed by atoms with Gasteiger partial charge in [0.15, 0.2) is 0 Å². The molecule has 1 aliphatic rings. The van der Waals surface area contributed by atoms with Crippen LogP contribution in [0, 0.1) is 11.8 Å². The first-order valence-electron chi connectivity index (χ1n) is 8.61. The highest BCUT2D eigenvalue weighted by Gasteiger charge is 2.13. The van der Waals surface area contributed by atoms with Crippen molar-refractivity contribution in [2.45, 2.75) is 6.04 Å². The summed E-state index contributed by atoms with van der Waals surface area (Å²) in [5, 5.41) is 2.32. The van der Waals surface area contributed by atoms with Crippen LogP contribution < -0.4 is 9.64 Å². The minimum absolute atomic E-state index is 0.0222. The lowest BCUT2D eigenvalue weighted by Gasteiger charge is -2.26. The van der Waals surface area contributed by atoms with Gasteiger partial charge in [-0.2, -0.15) is 0 Å². The van der Waals surface area contributed by atoms with E-state index >= 15 is 0 Å². The Hall–Kier alpha value is -3.44. The second-order valence-electron chi connectivity index (χ2n) is 6.11. The molecular formula is C24H19NO. The van der Waals surface area contributed by atoms with Gasteiger partial charge >= 0.3 is 0 Å². The summed E-state index contributed by atoms with van der Waals surface area (Å²) >= 11 is 0. The van der Waals surface area contributed by atoms with Gasteiger partial charge in [-0.1, -0.05) is 48.2 Å². The Balaban J connectivity index is 1.62. The van der Waals surface area contributed by atoms with Gasteiger partial charge < -0.3 is 9.64 Å². The summed E-state index contributed by atoms with van der Waals surface area (Å²) in [6, 6.07) is 22.7. The largest absolute Gasteiger partial charge is 0.497 e. The van der Waals surface area contributed by atoms with E-state index in [2.05, 4.69) is 65.4 Å². The van der Waals surface area contributed by atoms with Crippen LogP contribution in [0.2, 0.25) is 0 Å². The topological polar surface area (TPSA) is 12.5 Å². The quantitative estimate of drug-likeness (QED) is 0.599. The summed E-state index contributed by atoms with van der Waals surface area (Å²) in [6.07, 6.45) is 8.27. The van der Waals surface area contributed by atoms with Crippen molar-refractivity contribution in [2.24, 2.45) is 0 Å². The van der Waals surface area contributed by atoms with Gasteiger partial charge in [0.05, 0.1) is 7.11 Å². The molecule has 0 aromatic heterocycles. The highest BCUT2D eigenvalue weighted by molar-refractivity contribution is 5.85. The van der Waals surface area contributed by atoms with Crippen molar-refractivity contribution >= 4 is 16.5 Å². The number of anilines is 1. The molecule has 26 heavy (non-hydrogen) atoms. The van der Waals surface area contributed by atoms with Crippen LogP contribution in [-0.2, 0) is 0 Å². The summed E-state index contributed by atoms with van der Waals surface area (Å²) in [5.74, 6) is 7.58. The molecule has 0 radical (unpaired) electrons. The van der Waals surface area contributed by atoms with Gasteiger partial charge in [0.1, 0.15) is 11.8 Å². The summed E-state index contributed by atoms with van der Waals surface area (Å²) in [5.41, 5.74) is 2.15. The van der Waals surface area contributed by atoms with Crippen LogP contribution in [-0.4, -0.2) is 13.2 Å². The lowest BCUT2D eigenvalue weighted by molar-refractivity contribution is 0.415. The molecule has 3 aromatic carbocycles. The molecule has 0 saturated carbocycles. The Morgan fingerprint density at radius 3 is 2.54 bits per heavy atom. The molecule has 2 nitrogen and oxygen atoms in total. The molecule has 1 unspecified atom stereocenters. The van der Waals surface area contributed by atoms with Gasteiger partial charge in [-0.05, 0) is 59.3 Å². The molecule has 0 spiro atoms. The van der Waals surface area contributed by atoms with Gasteiger partial charge in [-0.3, -0.25) is 0 Å². The fourth-order valence-electron chi connectivity index (χ4n) is 3.05. The number of methoxy groups -OCH3 is 1. The van der Waals surface area contributed by atoms with Crippen molar-refractivity contribution in [3.05, 3.63) is 96.7 Å². The molecule has 2 heteroatoms. The number of nitrogens with zero attached hydrogens (tertiary/aromatic N) is 1. The molecule has 0 N–H and O–H groups in total. The second-order valence-corrected chi connectivity index (χ2v) is 6.11. The summed E-state index contributed by atoms with van der Waals surface area (Å²) in [4.78, 5) is 2.18. The average molecular weight is 337 g/mol. The van der Waals surface area contributed by atoms with Gasteiger partial charge in [-0.15, -0.1) is 0 Å². The Labute approximate surface area is 154 Å². The lowest BCUT2D eigenvalue weighted by atomic mass is 10.1. The third-order valence-corrected chi connectivity index (χ3v) is 4.42. The summed E-state index contributed by atoms with van der Waals surface area (Å²) in [7, 11) is 1.69. The zero-order valence-electron chi connectivity index (χ0n) is 14.6. The molecule has 3 aromatic rings. The fourth-order valence-corrected chi connectivity index (χ4v) is 3.05. The molecular weight excluding hydrogens is 318 g/mol. The minimum atomic E-state index is 0.0222. The zero-order chi connectivity index (χ0) is 17.8. The number of fused-ring (bicyclic) bond motifs is 1. The number of allylic oxidation sites excluding steroid dienone is 2. The molecule has 0 saturated heterocycles. The normalized spacial score (nSPS) is 15.6. The van der Waals surface area contributed by atoms with E-state index in [9.17, 15) is 0 Å². The monoisotopic (exact) mass is 337 g/mol. The third-order valence-electron chi connectivity index (χ3n) is 4.42. The zero-order valence-corrected chi connectivity index (χ0v) is 14.6. The van der Waals surface area contributed by atoms with Crippen molar-refractivity contribution in [1.29, 1.82) is 0 Å². The number of rotatable bonds is 2. The van der Waals surface area contributed by atoms with Crippen LogP contribution in [0.5, 0.6) is 5.75 Å². The van der Waals surface area contributed by atoms with Crippen molar-refractivity contribution < 1.29 is 4.74 Å². The minimum Gasteiger partial charge on any atom is -0.497 e. The Morgan fingerprint density at radius 1 is 0.885 bits per heavy atom. The van der Waals surface area contributed by atoms with Crippen LogP contribution in [0.25, 0.3) is 10.8 Å². The van der Waals surface area contributed by atoms with E-state index in [1.165, 1.54) is 0 Å². The van der Waals surface area contributed by atoms with E-state index in [0.29, 0.717) is 0 Å². The average Bonchev–Trinajstić information content (AvgIpc) is 2.72. The van der Waals surface area contributed by atoms with Crippen LogP contribution in [0.1, 0.15) is 5.56 Å². The van der Waals surface area contributed by atoms with Crippen molar-refractivity contribution in [3.8, 4) is 17.6 Å². The SMILES string of the molecule is COc1ccc2cc(C#CC3C=CC=CN3c3ccccc3)ccc2c1. The molecule has 1 atom stereocenters. The molecule has 126 valence electrons. The maximum atomic E-state index is 5.29. The van der Waals surface area contributed by atoms with Crippen LogP contribution >= 0.6 is 0 Å². The number of hydrogen-bond donors (Lipinski definition) is 0. The molecule has 1 heterocycles. The molecule has 0 aliphatic carbocycles. The van der Waals surface area contributed by atoms with Gasteiger partial charge in [-0.25, -0.2) is 0 Å². The Bertz CT molecular complexity index is 1040. The van der Waals surface area contributed by atoms with E-state index in [4.69, 9.17) is 4.74 Å². The van der Waals surface area contributed by atoms with E-state index in [1.807, 2.05) is 42.5 Å². The molecule has 0 fully saturated rings. The molecule has 4 rings (SSSR count). The highest BCUT2D eigenvalue weighted by Crippen LogP contribution is 2.22.